The van der Waals surface area contributed by atoms with E-state index in [9.17, 15) is 18.5 Å². The van der Waals surface area contributed by atoms with Crippen LogP contribution in [-0.4, -0.2) is 45.6 Å². The van der Waals surface area contributed by atoms with Gasteiger partial charge in [0.15, 0.2) is 0 Å². The van der Waals surface area contributed by atoms with Crippen LogP contribution in [0.25, 0.3) is 0 Å². The van der Waals surface area contributed by atoms with Crippen molar-refractivity contribution in [1.82, 2.24) is 4.90 Å². The smallest absolute Gasteiger partial charge is 0.318 e. The first-order chi connectivity index (χ1) is 9.86. The summed E-state index contributed by atoms with van der Waals surface area (Å²) in [6, 6.07) is 9.07. The molecule has 0 amide bonds. The first kappa shape index (κ1) is 15.3. The number of benzene rings is 1. The van der Waals surface area contributed by atoms with Crippen LogP contribution in [-0.2, 0) is 14.3 Å². The molecule has 2 rings (SSSR count). The maximum absolute atomic E-state index is 11.9. The lowest BCUT2D eigenvalue weighted by molar-refractivity contribution is -0.427. The van der Waals surface area contributed by atoms with Crippen molar-refractivity contribution >= 4 is 15.8 Å². The fourth-order valence-corrected chi connectivity index (χ4v) is 3.23. The lowest BCUT2D eigenvalue weighted by Crippen LogP contribution is -2.45. The Balaban J connectivity index is 2.48. The highest BCUT2D eigenvalue weighted by molar-refractivity contribution is 7.90. The molecular formula is C12H15N3O5S. The molecule has 9 heteroatoms. The van der Waals surface area contributed by atoms with E-state index in [1.54, 1.807) is 17.0 Å². The van der Waals surface area contributed by atoms with Crippen LogP contribution in [0.2, 0.25) is 0 Å². The van der Waals surface area contributed by atoms with E-state index >= 15 is 0 Å². The van der Waals surface area contributed by atoms with Gasteiger partial charge in [0.1, 0.15) is 6.54 Å². The van der Waals surface area contributed by atoms with Crippen molar-refractivity contribution in [2.45, 2.75) is 0 Å². The number of anilines is 1. The van der Waals surface area contributed by atoms with E-state index in [1.165, 1.54) is 11.9 Å². The van der Waals surface area contributed by atoms with Crippen molar-refractivity contribution in [3.63, 3.8) is 0 Å². The maximum Gasteiger partial charge on any atom is 0.318 e. The van der Waals surface area contributed by atoms with Gasteiger partial charge in [-0.2, -0.15) is 8.42 Å². The van der Waals surface area contributed by atoms with Crippen molar-refractivity contribution < 1.29 is 17.5 Å². The van der Waals surface area contributed by atoms with E-state index in [0.717, 1.165) is 12.8 Å². The Hall–Kier alpha value is -2.13. The van der Waals surface area contributed by atoms with E-state index in [1.807, 2.05) is 18.2 Å². The quantitative estimate of drug-likeness (QED) is 0.461. The molecule has 21 heavy (non-hydrogen) atoms. The van der Waals surface area contributed by atoms with E-state index in [2.05, 4.69) is 4.18 Å². The second-order valence-electron chi connectivity index (χ2n) is 4.50. The van der Waals surface area contributed by atoms with Gasteiger partial charge in [0.25, 0.3) is 0 Å². The molecule has 0 N–H and O–H groups in total. The zero-order chi connectivity index (χ0) is 15.6. The van der Waals surface area contributed by atoms with Crippen LogP contribution >= 0.6 is 0 Å². The van der Waals surface area contributed by atoms with E-state index < -0.39 is 25.8 Å². The summed E-state index contributed by atoms with van der Waals surface area (Å²) in [4.78, 5) is 13.6. The van der Waals surface area contributed by atoms with Gasteiger partial charge in [-0.25, -0.2) is 0 Å². The van der Waals surface area contributed by atoms with Gasteiger partial charge in [0.05, 0.1) is 18.7 Å². The summed E-state index contributed by atoms with van der Waals surface area (Å²) in [6.07, 6.45) is 0. The number of para-hydroxylation sites is 1. The number of hydrogen-bond acceptors (Lipinski definition) is 7. The lowest BCUT2D eigenvalue weighted by atomic mass is 10.2. The molecule has 0 saturated carbocycles. The van der Waals surface area contributed by atoms with Gasteiger partial charge in [-0.15, -0.1) is 0 Å². The Bertz CT molecular complexity index is 671. The van der Waals surface area contributed by atoms with Gasteiger partial charge in [0.2, 0.25) is 5.03 Å². The van der Waals surface area contributed by atoms with Crippen LogP contribution < -0.4 is 4.90 Å². The topological polar surface area (TPSA) is 93.0 Å². The molecule has 1 aromatic rings. The van der Waals surface area contributed by atoms with Gasteiger partial charge < -0.3 is 9.80 Å². The third kappa shape index (κ3) is 2.98. The van der Waals surface area contributed by atoms with Crippen molar-refractivity contribution in [3.8, 4) is 0 Å². The minimum absolute atomic E-state index is 0.112. The molecule has 8 nitrogen and oxygen atoms in total. The fraction of sp³-hybridized carbons (Fsp3) is 0.333. The molecule has 0 saturated heterocycles. The summed E-state index contributed by atoms with van der Waals surface area (Å²) in [5, 5.41) is 10.8. The second kappa shape index (κ2) is 5.70. The summed E-state index contributed by atoms with van der Waals surface area (Å²) < 4.78 is 28.2. The van der Waals surface area contributed by atoms with Gasteiger partial charge >= 0.3 is 15.8 Å². The Kier molecular flexibility index (Phi) is 4.14. The van der Waals surface area contributed by atoms with Gasteiger partial charge in [-0.1, -0.05) is 18.2 Å². The molecule has 0 radical (unpaired) electrons. The Labute approximate surface area is 122 Å². The summed E-state index contributed by atoms with van der Waals surface area (Å²) in [6.45, 7) is 0.0958. The molecule has 0 aromatic heterocycles. The number of rotatable bonds is 4. The Morgan fingerprint density at radius 2 is 1.90 bits per heavy atom. The molecule has 1 aliphatic heterocycles. The van der Waals surface area contributed by atoms with Crippen molar-refractivity contribution in [2.75, 3.05) is 32.3 Å². The second-order valence-corrected chi connectivity index (χ2v) is 6.13. The molecular weight excluding hydrogens is 298 g/mol. The highest BCUT2D eigenvalue weighted by atomic mass is 32.2. The van der Waals surface area contributed by atoms with Gasteiger partial charge in [0, 0.05) is 12.7 Å². The molecule has 1 heterocycles. The van der Waals surface area contributed by atoms with Crippen LogP contribution in [0.3, 0.4) is 0 Å². The number of hydrogen-bond donors (Lipinski definition) is 0. The number of nitrogens with zero attached hydrogens (tertiary/aromatic N) is 3. The van der Waals surface area contributed by atoms with Crippen LogP contribution in [0.5, 0.6) is 0 Å². The molecule has 1 aromatic carbocycles. The van der Waals surface area contributed by atoms with Crippen LogP contribution in [0.4, 0.5) is 5.69 Å². The van der Waals surface area contributed by atoms with Crippen LogP contribution in [0, 0.1) is 10.1 Å². The van der Waals surface area contributed by atoms with Crippen molar-refractivity contribution in [2.24, 2.45) is 0 Å². The Morgan fingerprint density at radius 3 is 2.43 bits per heavy atom. The molecule has 0 atom stereocenters. The Morgan fingerprint density at radius 1 is 1.29 bits per heavy atom. The molecule has 1 aliphatic rings. The van der Waals surface area contributed by atoms with Gasteiger partial charge in [-0.05, 0) is 12.1 Å². The van der Waals surface area contributed by atoms with E-state index in [4.69, 9.17) is 0 Å². The molecule has 114 valence electrons. The monoisotopic (exact) mass is 313 g/mol. The van der Waals surface area contributed by atoms with E-state index in [0.29, 0.717) is 0 Å². The van der Waals surface area contributed by atoms with Crippen LogP contribution in [0.1, 0.15) is 0 Å². The first-order valence-corrected chi connectivity index (χ1v) is 7.47. The predicted octanol–water partition coefficient (Wildman–Crippen LogP) is 0.818. The minimum Gasteiger partial charge on any atom is -0.343 e. The summed E-state index contributed by atoms with van der Waals surface area (Å²) >= 11 is 0. The highest BCUT2D eigenvalue weighted by Gasteiger charge is 2.38. The maximum atomic E-state index is 11.9. The highest BCUT2D eigenvalue weighted by Crippen LogP contribution is 2.27. The average Bonchev–Trinajstić information content (AvgIpc) is 2.47. The van der Waals surface area contributed by atoms with Gasteiger partial charge in [-0.3, -0.25) is 14.3 Å². The van der Waals surface area contributed by atoms with E-state index in [-0.39, 0.29) is 13.2 Å². The molecule has 0 aliphatic carbocycles. The molecule has 0 unspecified atom stereocenters. The van der Waals surface area contributed by atoms with Crippen molar-refractivity contribution in [1.29, 1.82) is 0 Å². The zero-order valence-corrected chi connectivity index (χ0v) is 12.4. The lowest BCUT2D eigenvalue weighted by Gasteiger charge is -2.34. The minimum atomic E-state index is -4.13. The summed E-state index contributed by atoms with van der Waals surface area (Å²) in [7, 11) is -1.67. The SMILES string of the molecule is COS(=O)(=O)C1=C([N+](=O)[O-])CN(c2ccccc2)CN1C. The third-order valence-corrected chi connectivity index (χ3v) is 4.57. The largest absolute Gasteiger partial charge is 0.343 e. The summed E-state index contributed by atoms with van der Waals surface area (Å²) in [5.41, 5.74) is 0.368. The third-order valence-electron chi connectivity index (χ3n) is 3.11. The first-order valence-electron chi connectivity index (χ1n) is 6.06. The number of nitro groups is 1. The molecule has 0 fully saturated rings. The van der Waals surface area contributed by atoms with Crippen molar-refractivity contribution in [3.05, 3.63) is 51.2 Å². The zero-order valence-electron chi connectivity index (χ0n) is 11.6. The standard InChI is InChI=1S/C12H15N3O5S/c1-13-9-14(10-6-4-3-5-7-10)8-11(15(16)17)12(13)21(18,19)20-2/h3-7H,8-9H2,1-2H3. The predicted molar refractivity (Wildman–Crippen MR) is 76.4 cm³/mol. The summed E-state index contributed by atoms with van der Waals surface area (Å²) in [5.74, 6) is 0. The molecule has 0 bridgehead atoms. The normalized spacial score (nSPS) is 16.3. The fourth-order valence-electron chi connectivity index (χ4n) is 2.20. The average molecular weight is 313 g/mol. The molecule has 0 spiro atoms. The van der Waals surface area contributed by atoms with Crippen LogP contribution in [0.15, 0.2) is 41.1 Å².